The highest BCUT2D eigenvalue weighted by molar-refractivity contribution is 5.98. The number of carbonyl (C=O) groups excluding carboxylic acids is 2. The van der Waals surface area contributed by atoms with Gasteiger partial charge in [0.15, 0.2) is 5.78 Å². The standard InChI is InChI=1S/C25H30FN5O2/c1-17(2)31-23-13-21(9-8-19(23)15-28-31)30(25(33)29-10-4-3-5-11-29)16-20-7-6-18(12-22(20)26)24(32)14-27/h6-9,12-13,15,17H,3-5,10-11,14,16,27H2,1-2H3. The van der Waals surface area contributed by atoms with E-state index in [2.05, 4.69) is 18.9 Å². The van der Waals surface area contributed by atoms with E-state index in [9.17, 15) is 14.0 Å². The molecular weight excluding hydrogens is 421 g/mol. The minimum atomic E-state index is -0.529. The number of amides is 2. The number of hydrogen-bond acceptors (Lipinski definition) is 4. The van der Waals surface area contributed by atoms with Crippen molar-refractivity contribution in [1.82, 2.24) is 14.7 Å². The van der Waals surface area contributed by atoms with Gasteiger partial charge in [0.2, 0.25) is 0 Å². The van der Waals surface area contributed by atoms with Gasteiger partial charge in [0, 0.05) is 41.3 Å². The molecule has 0 aliphatic carbocycles. The van der Waals surface area contributed by atoms with Gasteiger partial charge in [-0.15, -0.1) is 0 Å². The third kappa shape index (κ3) is 4.75. The Balaban J connectivity index is 1.72. The number of carbonyl (C=O) groups is 2. The number of halogens is 1. The van der Waals surface area contributed by atoms with Crippen molar-refractivity contribution in [3.63, 3.8) is 0 Å². The molecule has 3 aromatic rings. The molecule has 1 aliphatic heterocycles. The number of hydrogen-bond donors (Lipinski definition) is 1. The zero-order valence-corrected chi connectivity index (χ0v) is 19.1. The van der Waals surface area contributed by atoms with E-state index >= 15 is 0 Å². The topological polar surface area (TPSA) is 84.5 Å². The minimum Gasteiger partial charge on any atom is -0.324 e. The van der Waals surface area contributed by atoms with Crippen molar-refractivity contribution in [1.29, 1.82) is 0 Å². The van der Waals surface area contributed by atoms with Crippen LogP contribution in [0, 0.1) is 5.82 Å². The smallest absolute Gasteiger partial charge is 0.324 e. The second-order valence-corrected chi connectivity index (χ2v) is 8.78. The fraction of sp³-hybridized carbons (Fsp3) is 0.400. The van der Waals surface area contributed by atoms with Crippen LogP contribution in [-0.4, -0.2) is 46.1 Å². The van der Waals surface area contributed by atoms with Gasteiger partial charge >= 0.3 is 6.03 Å². The number of ketones is 1. The molecule has 2 heterocycles. The Bertz CT molecular complexity index is 1170. The molecule has 0 saturated carbocycles. The van der Waals surface area contributed by atoms with Crippen molar-refractivity contribution in [3.8, 4) is 0 Å². The molecule has 8 heteroatoms. The van der Waals surface area contributed by atoms with Crippen molar-refractivity contribution in [2.45, 2.75) is 45.7 Å². The van der Waals surface area contributed by atoms with Crippen LogP contribution in [0.15, 0.2) is 42.6 Å². The molecule has 1 aromatic heterocycles. The Kier molecular flexibility index (Phi) is 6.74. The van der Waals surface area contributed by atoms with E-state index in [1.807, 2.05) is 34.0 Å². The number of piperidine rings is 1. The fourth-order valence-electron chi connectivity index (χ4n) is 4.27. The second-order valence-electron chi connectivity index (χ2n) is 8.78. The molecule has 0 spiro atoms. The Morgan fingerprint density at radius 2 is 1.88 bits per heavy atom. The molecule has 0 bridgehead atoms. The highest BCUT2D eigenvalue weighted by atomic mass is 19.1. The number of likely N-dealkylation sites (tertiary alicyclic amines) is 1. The third-order valence-electron chi connectivity index (χ3n) is 6.13. The van der Waals surface area contributed by atoms with Gasteiger partial charge in [0.25, 0.3) is 0 Å². The summed E-state index contributed by atoms with van der Waals surface area (Å²) in [5, 5.41) is 5.44. The minimum absolute atomic E-state index is 0.0551. The summed E-state index contributed by atoms with van der Waals surface area (Å²) in [4.78, 5) is 28.9. The van der Waals surface area contributed by atoms with Crippen LogP contribution in [0.25, 0.3) is 10.9 Å². The summed E-state index contributed by atoms with van der Waals surface area (Å²) in [5.41, 5.74) is 7.58. The molecular formula is C25H30FN5O2. The van der Waals surface area contributed by atoms with Crippen LogP contribution in [-0.2, 0) is 6.54 Å². The molecule has 2 amide bonds. The zero-order valence-electron chi connectivity index (χ0n) is 19.1. The molecule has 0 radical (unpaired) electrons. The summed E-state index contributed by atoms with van der Waals surface area (Å²) in [6.45, 7) is 5.36. The van der Waals surface area contributed by atoms with E-state index in [-0.39, 0.29) is 36.5 Å². The van der Waals surface area contributed by atoms with Gasteiger partial charge in [0.1, 0.15) is 5.82 Å². The first kappa shape index (κ1) is 22.9. The van der Waals surface area contributed by atoms with Gasteiger partial charge in [-0.05, 0) is 57.4 Å². The van der Waals surface area contributed by atoms with E-state index in [0.29, 0.717) is 24.3 Å². The SMILES string of the molecule is CC(C)n1ncc2ccc(N(Cc3ccc(C(=O)CN)cc3F)C(=O)N3CCCCC3)cc21. The predicted octanol–water partition coefficient (Wildman–Crippen LogP) is 4.51. The molecule has 33 heavy (non-hydrogen) atoms. The number of nitrogens with two attached hydrogens (primary N) is 1. The van der Waals surface area contributed by atoms with Crippen molar-refractivity contribution < 1.29 is 14.0 Å². The molecule has 1 saturated heterocycles. The van der Waals surface area contributed by atoms with Gasteiger partial charge in [0.05, 0.1) is 24.8 Å². The van der Waals surface area contributed by atoms with Crippen molar-refractivity contribution >= 4 is 28.4 Å². The van der Waals surface area contributed by atoms with Crippen LogP contribution in [0.4, 0.5) is 14.9 Å². The number of anilines is 1. The lowest BCUT2D eigenvalue weighted by molar-refractivity contribution is 0.100. The van der Waals surface area contributed by atoms with E-state index in [0.717, 1.165) is 30.2 Å². The Morgan fingerprint density at radius 3 is 2.55 bits per heavy atom. The van der Waals surface area contributed by atoms with E-state index in [4.69, 9.17) is 5.73 Å². The first-order valence-corrected chi connectivity index (χ1v) is 11.4. The number of rotatable bonds is 6. The predicted molar refractivity (Wildman–Crippen MR) is 127 cm³/mol. The molecule has 2 N–H and O–H groups in total. The maximum absolute atomic E-state index is 14.9. The number of benzene rings is 2. The van der Waals surface area contributed by atoms with Crippen LogP contribution < -0.4 is 10.6 Å². The molecule has 1 aliphatic rings. The van der Waals surface area contributed by atoms with Gasteiger partial charge in [-0.1, -0.05) is 12.1 Å². The molecule has 0 atom stereocenters. The lowest BCUT2D eigenvalue weighted by atomic mass is 10.1. The monoisotopic (exact) mass is 451 g/mol. The maximum atomic E-state index is 14.9. The number of Topliss-reactive ketones (excluding diaryl/α,β-unsaturated/α-hetero) is 1. The molecule has 2 aromatic carbocycles. The van der Waals surface area contributed by atoms with Crippen LogP contribution in [0.3, 0.4) is 0 Å². The first-order chi connectivity index (χ1) is 15.9. The number of aromatic nitrogens is 2. The second kappa shape index (κ2) is 9.70. The highest BCUT2D eigenvalue weighted by Gasteiger charge is 2.26. The Hall–Kier alpha value is -3.26. The van der Waals surface area contributed by atoms with E-state index in [1.165, 1.54) is 6.07 Å². The molecule has 1 fully saturated rings. The van der Waals surface area contributed by atoms with Crippen LogP contribution in [0.2, 0.25) is 0 Å². The van der Waals surface area contributed by atoms with Gasteiger partial charge in [-0.25, -0.2) is 9.18 Å². The number of fused-ring (bicyclic) bond motifs is 1. The summed E-state index contributed by atoms with van der Waals surface area (Å²) in [6, 6.07) is 10.1. The summed E-state index contributed by atoms with van der Waals surface area (Å²) in [5.74, 6) is -0.854. The van der Waals surface area contributed by atoms with Gasteiger partial charge < -0.3 is 10.6 Å². The average molecular weight is 452 g/mol. The van der Waals surface area contributed by atoms with Crippen LogP contribution >= 0.6 is 0 Å². The zero-order chi connectivity index (χ0) is 23.5. The highest BCUT2D eigenvalue weighted by Crippen LogP contribution is 2.28. The summed E-state index contributed by atoms with van der Waals surface area (Å²) in [6.07, 6.45) is 4.84. The van der Waals surface area contributed by atoms with Gasteiger partial charge in [-0.2, -0.15) is 5.10 Å². The molecule has 7 nitrogen and oxygen atoms in total. The normalized spacial score (nSPS) is 14.2. The van der Waals surface area contributed by atoms with Crippen LogP contribution in [0.5, 0.6) is 0 Å². The van der Waals surface area contributed by atoms with Crippen molar-refractivity contribution in [3.05, 3.63) is 59.5 Å². The quantitative estimate of drug-likeness (QED) is 0.559. The molecule has 174 valence electrons. The molecule has 4 rings (SSSR count). The van der Waals surface area contributed by atoms with E-state index in [1.54, 1.807) is 17.0 Å². The van der Waals surface area contributed by atoms with Crippen molar-refractivity contribution in [2.24, 2.45) is 5.73 Å². The number of urea groups is 1. The summed E-state index contributed by atoms with van der Waals surface area (Å²) >= 11 is 0. The summed E-state index contributed by atoms with van der Waals surface area (Å²) in [7, 11) is 0. The lowest BCUT2D eigenvalue weighted by Gasteiger charge is -2.33. The first-order valence-electron chi connectivity index (χ1n) is 11.4. The fourth-order valence-corrected chi connectivity index (χ4v) is 4.27. The Labute approximate surface area is 192 Å². The lowest BCUT2D eigenvalue weighted by Crippen LogP contribution is -2.45. The summed E-state index contributed by atoms with van der Waals surface area (Å²) < 4.78 is 16.9. The maximum Gasteiger partial charge on any atom is 0.324 e. The van der Waals surface area contributed by atoms with Gasteiger partial charge in [-0.3, -0.25) is 14.4 Å². The Morgan fingerprint density at radius 1 is 1.12 bits per heavy atom. The van der Waals surface area contributed by atoms with Crippen molar-refractivity contribution in [2.75, 3.05) is 24.5 Å². The number of nitrogens with zero attached hydrogens (tertiary/aromatic N) is 4. The van der Waals surface area contributed by atoms with E-state index < -0.39 is 5.82 Å². The largest absolute Gasteiger partial charge is 0.324 e. The molecule has 0 unspecified atom stereocenters. The average Bonchev–Trinajstić information content (AvgIpc) is 3.26. The van der Waals surface area contributed by atoms with Crippen LogP contribution in [0.1, 0.15) is 55.1 Å². The third-order valence-corrected chi connectivity index (χ3v) is 6.13.